The number of hydrogen-bond acceptors (Lipinski definition) is 1. The Morgan fingerprint density at radius 3 is 2.83 bits per heavy atom. The van der Waals surface area contributed by atoms with Crippen LogP contribution in [0, 0.1) is 0 Å². The summed E-state index contributed by atoms with van der Waals surface area (Å²) < 4.78 is 0. The molecule has 0 spiro atoms. The van der Waals surface area contributed by atoms with Gasteiger partial charge in [0.25, 0.3) is 0 Å². The zero-order valence-electron chi connectivity index (χ0n) is 6.53. The summed E-state index contributed by atoms with van der Waals surface area (Å²) in [5, 5.41) is 2.39. The van der Waals surface area contributed by atoms with E-state index in [2.05, 4.69) is 17.1 Å². The summed E-state index contributed by atoms with van der Waals surface area (Å²) in [6, 6.07) is 10.2. The van der Waals surface area contributed by atoms with Crippen molar-refractivity contribution in [1.82, 2.24) is 4.98 Å². The third kappa shape index (κ3) is 1.18. The minimum atomic E-state index is 0.585. The predicted octanol–water partition coefficient (Wildman–Crippen LogP) is 2.93. The van der Waals surface area contributed by atoms with Crippen LogP contribution in [-0.4, -0.2) is 4.98 Å². The van der Waals surface area contributed by atoms with Crippen LogP contribution in [0.4, 0.5) is 0 Å². The second kappa shape index (κ2) is 3.15. The van der Waals surface area contributed by atoms with Crippen LogP contribution in [0.25, 0.3) is 10.8 Å². The van der Waals surface area contributed by atoms with Crippen LogP contribution in [0.15, 0.2) is 36.5 Å². The molecule has 2 rings (SSSR count). The molecule has 0 aliphatic rings. The Balaban J connectivity index is 2.79. The van der Waals surface area contributed by atoms with Crippen molar-refractivity contribution < 1.29 is 0 Å². The first-order valence-electron chi connectivity index (χ1n) is 3.82. The first kappa shape index (κ1) is 7.62. The van der Waals surface area contributed by atoms with Crippen molar-refractivity contribution in [2.45, 2.75) is 5.75 Å². The number of rotatable bonds is 1. The molecule has 0 aliphatic heterocycles. The fourth-order valence-electron chi connectivity index (χ4n) is 1.30. The normalized spacial score (nSPS) is 10.4. The van der Waals surface area contributed by atoms with Crippen LogP contribution < -0.4 is 0 Å². The van der Waals surface area contributed by atoms with Gasteiger partial charge in [0.2, 0.25) is 0 Å². The maximum atomic E-state index is 4.98. The lowest BCUT2D eigenvalue weighted by molar-refractivity contribution is 1.21. The molecule has 2 aromatic rings. The van der Waals surface area contributed by atoms with E-state index in [1.807, 2.05) is 24.4 Å². The lowest BCUT2D eigenvalue weighted by atomic mass is 10.1. The highest BCUT2D eigenvalue weighted by molar-refractivity contribution is 7.79. The molecule has 0 N–H and O–H groups in total. The molecular weight excluding hydrogens is 166 g/mol. The largest absolute Gasteiger partial charge is 0.260 e. The third-order valence-corrected chi connectivity index (χ3v) is 2.17. The van der Waals surface area contributed by atoms with Crippen molar-refractivity contribution in [2.75, 3.05) is 0 Å². The van der Waals surface area contributed by atoms with Gasteiger partial charge < -0.3 is 0 Å². The monoisotopic (exact) mass is 174 g/mol. The van der Waals surface area contributed by atoms with Crippen molar-refractivity contribution in [1.29, 1.82) is 0 Å². The fourth-order valence-corrected chi connectivity index (χ4v) is 1.53. The quantitative estimate of drug-likeness (QED) is 0.647. The van der Waals surface area contributed by atoms with E-state index in [0.717, 1.165) is 5.69 Å². The van der Waals surface area contributed by atoms with Gasteiger partial charge in [0.05, 0.1) is 5.69 Å². The van der Waals surface area contributed by atoms with Gasteiger partial charge in [-0.2, -0.15) is 0 Å². The minimum absolute atomic E-state index is 0.585. The predicted molar refractivity (Wildman–Crippen MR) is 53.0 cm³/mol. The number of aromatic nitrogens is 1. The lowest BCUT2D eigenvalue weighted by Gasteiger charge is -2.00. The molecule has 12 heavy (non-hydrogen) atoms. The molecule has 1 aromatic heterocycles. The maximum absolute atomic E-state index is 4.98. The number of benzene rings is 1. The summed E-state index contributed by atoms with van der Waals surface area (Å²) in [5.74, 6) is 0.585. The highest BCUT2D eigenvalue weighted by Crippen LogP contribution is 2.16. The van der Waals surface area contributed by atoms with E-state index in [0.29, 0.717) is 5.75 Å². The molecule has 0 saturated heterocycles. The second-order valence-electron chi connectivity index (χ2n) is 2.62. The zero-order chi connectivity index (χ0) is 8.39. The highest BCUT2D eigenvalue weighted by Gasteiger charge is 1.97. The summed E-state index contributed by atoms with van der Waals surface area (Å²) in [6.07, 6.45) is 1.81. The number of nitrogens with zero attached hydrogens (tertiary/aromatic N) is 1. The van der Waals surface area contributed by atoms with Crippen LogP contribution >= 0.6 is 12.6 Å². The Morgan fingerprint density at radius 2 is 2.00 bits per heavy atom. The molecule has 2 heteroatoms. The van der Waals surface area contributed by atoms with Crippen LogP contribution in [0.3, 0.4) is 0 Å². The van der Waals surface area contributed by atoms with E-state index in [9.17, 15) is 0 Å². The van der Waals surface area contributed by atoms with Gasteiger partial charge in [-0.05, 0) is 11.5 Å². The van der Waals surface area contributed by atoms with Crippen LogP contribution in [0.2, 0.25) is 0 Å². The molecule has 1 aromatic carbocycles. The first-order valence-corrected chi connectivity index (χ1v) is 4.40. The van der Waals surface area contributed by atoms with Crippen LogP contribution in [0.5, 0.6) is 0 Å². The average Bonchev–Trinajstić information content (AvgIpc) is 2.17. The van der Waals surface area contributed by atoms with Gasteiger partial charge in [-0.3, -0.25) is 4.98 Å². The van der Waals surface area contributed by atoms with Crippen molar-refractivity contribution in [2.24, 2.45) is 0 Å². The molecule has 0 atom stereocenters. The molecule has 0 amide bonds. The Labute approximate surface area is 76.9 Å². The molecule has 0 unspecified atom stereocenters. The van der Waals surface area contributed by atoms with Gasteiger partial charge >= 0.3 is 0 Å². The van der Waals surface area contributed by atoms with E-state index >= 15 is 0 Å². The molecule has 59 valence electrons. The van der Waals surface area contributed by atoms with Crippen LogP contribution in [0.1, 0.15) is 5.69 Å². The summed E-state index contributed by atoms with van der Waals surface area (Å²) in [7, 11) is 0. The minimum Gasteiger partial charge on any atom is -0.260 e. The van der Waals surface area contributed by atoms with E-state index in [-0.39, 0.29) is 0 Å². The third-order valence-electron chi connectivity index (χ3n) is 1.89. The van der Waals surface area contributed by atoms with Gasteiger partial charge in [-0.15, -0.1) is 0 Å². The lowest BCUT2D eigenvalue weighted by Crippen LogP contribution is -1.85. The topological polar surface area (TPSA) is 12.9 Å². The Hall–Kier alpha value is -1.02. The van der Waals surface area contributed by atoms with Crippen LogP contribution in [-0.2, 0) is 5.75 Å². The van der Waals surface area contributed by atoms with Gasteiger partial charge in [0, 0.05) is 17.3 Å². The summed E-state index contributed by atoms with van der Waals surface area (Å²) >= 11 is 4.98. The van der Waals surface area contributed by atoms with E-state index in [1.165, 1.54) is 10.8 Å². The van der Waals surface area contributed by atoms with E-state index in [4.69, 9.17) is 12.6 Å². The van der Waals surface area contributed by atoms with E-state index in [1.54, 1.807) is 0 Å². The van der Waals surface area contributed by atoms with E-state index < -0.39 is 0 Å². The average molecular weight is 174 g/mol. The highest BCUT2D eigenvalue weighted by atomic mass is 32.1. The van der Waals surface area contributed by atoms with Gasteiger partial charge in [0.15, 0.2) is 0 Å². The molecule has 1 radical (unpaired) electrons. The molecular formula is C10H8NS. The molecule has 1 nitrogen and oxygen atoms in total. The molecule has 0 fully saturated rings. The summed E-state index contributed by atoms with van der Waals surface area (Å²) in [5.41, 5.74) is 1.00. The molecule has 1 heterocycles. The smallest absolute Gasteiger partial charge is 0.0589 e. The maximum Gasteiger partial charge on any atom is 0.0589 e. The summed E-state index contributed by atoms with van der Waals surface area (Å²) in [6.45, 7) is 0. The standard InChI is InChI=1S/C10H8NS/c12-7-10-9-4-2-1-3-8(9)5-6-11-10/h1-6H,7H2. The second-order valence-corrected chi connectivity index (χ2v) is 2.91. The molecule has 0 aliphatic carbocycles. The van der Waals surface area contributed by atoms with Crippen molar-refractivity contribution in [3.05, 3.63) is 42.2 Å². The van der Waals surface area contributed by atoms with Crippen molar-refractivity contribution in [3.63, 3.8) is 0 Å². The first-order chi connectivity index (χ1) is 5.92. The molecule has 0 bridgehead atoms. The zero-order valence-corrected chi connectivity index (χ0v) is 7.34. The number of fused-ring (bicyclic) bond motifs is 1. The van der Waals surface area contributed by atoms with Gasteiger partial charge in [-0.1, -0.05) is 36.9 Å². The Morgan fingerprint density at radius 1 is 1.17 bits per heavy atom. The number of pyridine rings is 1. The van der Waals surface area contributed by atoms with Crippen molar-refractivity contribution in [3.8, 4) is 0 Å². The van der Waals surface area contributed by atoms with Gasteiger partial charge in [-0.25, -0.2) is 0 Å². The SMILES string of the molecule is [S]Cc1nccc2ccccc12. The van der Waals surface area contributed by atoms with Gasteiger partial charge in [0.1, 0.15) is 0 Å². The fraction of sp³-hybridized carbons (Fsp3) is 0.100. The Bertz CT molecular complexity index is 392. The van der Waals surface area contributed by atoms with Crippen molar-refractivity contribution >= 4 is 23.4 Å². The Kier molecular flexibility index (Phi) is 2.00. The summed E-state index contributed by atoms with van der Waals surface area (Å²) in [4.78, 5) is 4.22. The number of hydrogen-bond donors (Lipinski definition) is 0. The molecule has 0 saturated carbocycles.